The van der Waals surface area contributed by atoms with Gasteiger partial charge in [-0.15, -0.1) is 0 Å². The Balaban J connectivity index is 1.90. The zero-order valence-corrected chi connectivity index (χ0v) is 13.1. The molecule has 0 aliphatic carbocycles. The molecule has 7 nitrogen and oxygen atoms in total. The van der Waals surface area contributed by atoms with E-state index in [1.54, 1.807) is 14.0 Å². The second-order valence-corrected chi connectivity index (χ2v) is 4.71. The quantitative estimate of drug-likeness (QED) is 0.790. The predicted molar refractivity (Wildman–Crippen MR) is 84.3 cm³/mol. The molecule has 0 bridgehead atoms. The standard InChI is InChI=1S/C16H19N3O4/c1-3-22-16(21)13-11-17-19(2)15(13)18-14(20)9-10-23-12-7-5-4-6-8-12/h4-8,11H,3,9-10H2,1-2H3,(H,18,20). The van der Waals surface area contributed by atoms with E-state index in [-0.39, 0.29) is 31.1 Å². The van der Waals surface area contributed by atoms with E-state index in [2.05, 4.69) is 10.4 Å². The van der Waals surface area contributed by atoms with Crippen LogP contribution in [0.2, 0.25) is 0 Å². The van der Waals surface area contributed by atoms with E-state index in [9.17, 15) is 9.59 Å². The topological polar surface area (TPSA) is 82.5 Å². The number of aryl methyl sites for hydroxylation is 1. The summed E-state index contributed by atoms with van der Waals surface area (Å²) >= 11 is 0. The number of rotatable bonds is 7. The Morgan fingerprint density at radius 3 is 2.70 bits per heavy atom. The molecular formula is C16H19N3O4. The molecule has 0 spiro atoms. The molecule has 1 aromatic heterocycles. The number of amides is 1. The SMILES string of the molecule is CCOC(=O)c1cnn(C)c1NC(=O)CCOc1ccccc1. The highest BCUT2D eigenvalue weighted by Crippen LogP contribution is 2.16. The van der Waals surface area contributed by atoms with Gasteiger partial charge in [-0.3, -0.25) is 9.48 Å². The van der Waals surface area contributed by atoms with Crippen LogP contribution in [0.15, 0.2) is 36.5 Å². The largest absolute Gasteiger partial charge is 0.493 e. The first kappa shape index (κ1) is 16.5. The number of aromatic nitrogens is 2. The number of hydrogen-bond acceptors (Lipinski definition) is 5. The fourth-order valence-corrected chi connectivity index (χ4v) is 1.92. The molecule has 0 radical (unpaired) electrons. The fraction of sp³-hybridized carbons (Fsp3) is 0.312. The van der Waals surface area contributed by atoms with Gasteiger partial charge in [0.1, 0.15) is 17.1 Å². The van der Waals surface area contributed by atoms with Gasteiger partial charge in [0.15, 0.2) is 0 Å². The Morgan fingerprint density at radius 1 is 1.26 bits per heavy atom. The van der Waals surface area contributed by atoms with Crippen LogP contribution in [-0.4, -0.2) is 34.9 Å². The third kappa shape index (κ3) is 4.57. The first-order chi connectivity index (χ1) is 11.1. The molecule has 0 atom stereocenters. The average molecular weight is 317 g/mol. The van der Waals surface area contributed by atoms with Crippen LogP contribution in [0.25, 0.3) is 0 Å². The molecule has 1 N–H and O–H groups in total. The monoisotopic (exact) mass is 317 g/mol. The third-order valence-corrected chi connectivity index (χ3v) is 3.03. The predicted octanol–water partition coefficient (Wildman–Crippen LogP) is 2.00. The van der Waals surface area contributed by atoms with Gasteiger partial charge >= 0.3 is 5.97 Å². The third-order valence-electron chi connectivity index (χ3n) is 3.03. The highest BCUT2D eigenvalue weighted by Gasteiger charge is 2.19. The van der Waals surface area contributed by atoms with E-state index >= 15 is 0 Å². The number of esters is 1. The second kappa shape index (κ2) is 7.98. The smallest absolute Gasteiger partial charge is 0.343 e. The minimum Gasteiger partial charge on any atom is -0.493 e. The van der Waals surface area contributed by atoms with E-state index in [0.29, 0.717) is 11.6 Å². The first-order valence-corrected chi connectivity index (χ1v) is 7.28. The van der Waals surface area contributed by atoms with Crippen molar-refractivity contribution in [3.05, 3.63) is 42.1 Å². The molecule has 2 aromatic rings. The first-order valence-electron chi connectivity index (χ1n) is 7.28. The summed E-state index contributed by atoms with van der Waals surface area (Å²) in [4.78, 5) is 23.8. The van der Waals surface area contributed by atoms with E-state index in [4.69, 9.17) is 9.47 Å². The summed E-state index contributed by atoms with van der Waals surface area (Å²) in [5.41, 5.74) is 0.228. The summed E-state index contributed by atoms with van der Waals surface area (Å²) in [6, 6.07) is 9.24. The van der Waals surface area contributed by atoms with Crippen LogP contribution >= 0.6 is 0 Å². The van der Waals surface area contributed by atoms with Gasteiger partial charge in [-0.2, -0.15) is 5.10 Å². The number of para-hydroxylation sites is 1. The highest BCUT2D eigenvalue weighted by atomic mass is 16.5. The Labute approximate surface area is 134 Å². The summed E-state index contributed by atoms with van der Waals surface area (Å²) in [6.07, 6.45) is 1.52. The van der Waals surface area contributed by atoms with Crippen LogP contribution in [0.3, 0.4) is 0 Å². The van der Waals surface area contributed by atoms with Crippen LogP contribution < -0.4 is 10.1 Å². The van der Waals surface area contributed by atoms with Crippen molar-refractivity contribution in [1.29, 1.82) is 0 Å². The highest BCUT2D eigenvalue weighted by molar-refractivity contribution is 6.00. The van der Waals surface area contributed by atoms with Gasteiger partial charge in [0.05, 0.1) is 25.8 Å². The van der Waals surface area contributed by atoms with Crippen LogP contribution in [0.5, 0.6) is 5.75 Å². The summed E-state index contributed by atoms with van der Waals surface area (Å²) in [6.45, 7) is 2.21. The van der Waals surface area contributed by atoms with Crippen molar-refractivity contribution in [3.8, 4) is 5.75 Å². The van der Waals surface area contributed by atoms with E-state index in [1.165, 1.54) is 10.9 Å². The summed E-state index contributed by atoms with van der Waals surface area (Å²) in [5, 5.41) is 6.64. The van der Waals surface area contributed by atoms with Gasteiger partial charge in [0.25, 0.3) is 0 Å². The zero-order valence-electron chi connectivity index (χ0n) is 13.1. The van der Waals surface area contributed by atoms with Gasteiger partial charge in [-0.25, -0.2) is 4.79 Å². The zero-order chi connectivity index (χ0) is 16.7. The number of anilines is 1. The van der Waals surface area contributed by atoms with Crippen LogP contribution in [-0.2, 0) is 16.6 Å². The van der Waals surface area contributed by atoms with E-state index in [1.807, 2.05) is 30.3 Å². The molecule has 0 saturated heterocycles. The molecule has 7 heteroatoms. The lowest BCUT2D eigenvalue weighted by Gasteiger charge is -2.09. The van der Waals surface area contributed by atoms with Crippen molar-refractivity contribution in [1.82, 2.24) is 9.78 Å². The molecule has 0 fully saturated rings. The van der Waals surface area contributed by atoms with E-state index < -0.39 is 5.97 Å². The molecule has 0 saturated carbocycles. The number of nitrogens with one attached hydrogen (secondary N) is 1. The molecular weight excluding hydrogens is 298 g/mol. The molecule has 2 rings (SSSR count). The van der Waals surface area contributed by atoms with Crippen molar-refractivity contribution in [2.24, 2.45) is 7.05 Å². The molecule has 1 aromatic carbocycles. The van der Waals surface area contributed by atoms with Crippen molar-refractivity contribution in [2.75, 3.05) is 18.5 Å². The number of hydrogen-bond donors (Lipinski definition) is 1. The molecule has 0 unspecified atom stereocenters. The molecule has 1 heterocycles. The average Bonchev–Trinajstić information content (AvgIpc) is 2.90. The maximum absolute atomic E-state index is 12.0. The molecule has 122 valence electrons. The van der Waals surface area contributed by atoms with Crippen molar-refractivity contribution >= 4 is 17.7 Å². The van der Waals surface area contributed by atoms with Crippen molar-refractivity contribution < 1.29 is 19.1 Å². The summed E-state index contributed by atoms with van der Waals surface area (Å²) in [5.74, 6) is 0.229. The Hall–Kier alpha value is -2.83. The van der Waals surface area contributed by atoms with Gasteiger partial charge in [0.2, 0.25) is 5.91 Å². The van der Waals surface area contributed by atoms with Crippen LogP contribution in [0, 0.1) is 0 Å². The lowest BCUT2D eigenvalue weighted by Crippen LogP contribution is -2.19. The van der Waals surface area contributed by atoms with Gasteiger partial charge < -0.3 is 14.8 Å². The molecule has 0 aliphatic heterocycles. The van der Waals surface area contributed by atoms with Crippen LogP contribution in [0.1, 0.15) is 23.7 Å². The second-order valence-electron chi connectivity index (χ2n) is 4.71. The summed E-state index contributed by atoms with van der Waals surface area (Å²) in [7, 11) is 1.64. The van der Waals surface area contributed by atoms with Gasteiger partial charge in [-0.05, 0) is 19.1 Å². The van der Waals surface area contributed by atoms with E-state index in [0.717, 1.165) is 0 Å². The lowest BCUT2D eigenvalue weighted by molar-refractivity contribution is -0.116. The number of carbonyl (C=O) groups excluding carboxylic acids is 2. The lowest BCUT2D eigenvalue weighted by atomic mass is 10.3. The minimum atomic E-state index is -0.517. The maximum atomic E-state index is 12.0. The Bertz CT molecular complexity index is 667. The summed E-state index contributed by atoms with van der Waals surface area (Å²) < 4.78 is 11.8. The number of carbonyl (C=O) groups is 2. The molecule has 0 aliphatic rings. The Morgan fingerprint density at radius 2 is 2.00 bits per heavy atom. The normalized spacial score (nSPS) is 10.2. The fourth-order valence-electron chi connectivity index (χ4n) is 1.92. The van der Waals surface area contributed by atoms with Gasteiger partial charge in [0, 0.05) is 7.05 Å². The molecule has 1 amide bonds. The van der Waals surface area contributed by atoms with Gasteiger partial charge in [-0.1, -0.05) is 18.2 Å². The Kier molecular flexibility index (Phi) is 5.74. The minimum absolute atomic E-state index is 0.155. The van der Waals surface area contributed by atoms with Crippen molar-refractivity contribution in [3.63, 3.8) is 0 Å². The number of ether oxygens (including phenoxy) is 2. The molecule has 23 heavy (non-hydrogen) atoms. The number of nitrogens with zero attached hydrogens (tertiary/aromatic N) is 2. The van der Waals surface area contributed by atoms with Crippen LogP contribution in [0.4, 0.5) is 5.82 Å². The van der Waals surface area contributed by atoms with Crippen molar-refractivity contribution in [2.45, 2.75) is 13.3 Å². The number of benzene rings is 1. The maximum Gasteiger partial charge on any atom is 0.343 e.